The van der Waals surface area contributed by atoms with Crippen LogP contribution in [-0.2, 0) is 4.79 Å². The number of anilines is 1. The normalized spacial score (nSPS) is 17.7. The Morgan fingerprint density at radius 2 is 1.76 bits per heavy atom. The molecule has 1 aliphatic carbocycles. The van der Waals surface area contributed by atoms with Gasteiger partial charge in [-0.05, 0) is 31.4 Å². The number of nitrogens with zero attached hydrogens (tertiary/aromatic N) is 2. The molecule has 1 saturated carbocycles. The number of rotatable bonds is 3. The van der Waals surface area contributed by atoms with Crippen LogP contribution in [0.2, 0.25) is 5.02 Å². The van der Waals surface area contributed by atoms with Crippen molar-refractivity contribution in [2.45, 2.75) is 38.5 Å². The Bertz CT molecular complexity index is 892. The number of imidazole rings is 1. The van der Waals surface area contributed by atoms with Crippen molar-refractivity contribution in [3.05, 3.63) is 47.0 Å². The van der Waals surface area contributed by atoms with Gasteiger partial charge >= 0.3 is 0 Å². The molecular weight excluding hydrogens is 394 g/mol. The molecule has 9 heteroatoms. The van der Waals surface area contributed by atoms with Crippen LogP contribution in [-0.4, -0.2) is 34.2 Å². The van der Waals surface area contributed by atoms with Crippen molar-refractivity contribution in [1.82, 2.24) is 9.97 Å². The molecule has 0 bridgehead atoms. The lowest BCUT2D eigenvalue weighted by Crippen LogP contribution is -2.36. The summed E-state index contributed by atoms with van der Waals surface area (Å²) in [5.41, 5.74) is 10.4. The van der Waals surface area contributed by atoms with Gasteiger partial charge in [0.25, 0.3) is 11.8 Å². The lowest BCUT2D eigenvalue weighted by Gasteiger charge is -2.31. The number of aromatic amines is 1. The number of hydrogen-bond donors (Lipinski definition) is 3. The Morgan fingerprint density at radius 1 is 1.07 bits per heavy atom. The molecule has 2 fully saturated rings. The van der Waals surface area contributed by atoms with Gasteiger partial charge in [0, 0.05) is 6.54 Å². The summed E-state index contributed by atoms with van der Waals surface area (Å²) in [5.74, 6) is -1.23. The lowest BCUT2D eigenvalue weighted by atomic mass is 9.73. The molecule has 1 saturated heterocycles. The maximum Gasteiger partial charge on any atom is 0.269 e. The second-order valence-electron chi connectivity index (χ2n) is 7.35. The molecule has 5 N–H and O–H groups in total. The third-order valence-electron chi connectivity index (χ3n) is 5.59. The summed E-state index contributed by atoms with van der Waals surface area (Å²) in [5, 5.41) is 0.679. The number of H-pyrrole nitrogens is 1. The molecule has 2 heterocycles. The molecule has 0 atom stereocenters. The number of halogens is 1. The highest BCUT2D eigenvalue weighted by molar-refractivity contribution is 6.34. The first kappa shape index (κ1) is 20.9. The zero-order valence-electron chi connectivity index (χ0n) is 16.0. The van der Waals surface area contributed by atoms with Crippen molar-refractivity contribution in [3.63, 3.8) is 0 Å². The van der Waals surface area contributed by atoms with E-state index in [4.69, 9.17) is 23.1 Å². The summed E-state index contributed by atoms with van der Waals surface area (Å²) in [6.45, 7) is 0.822. The number of nitrogens with one attached hydrogen (secondary N) is 1. The first-order valence-corrected chi connectivity index (χ1v) is 9.93. The zero-order chi connectivity index (χ0) is 21.0. The van der Waals surface area contributed by atoms with E-state index < -0.39 is 11.8 Å². The van der Waals surface area contributed by atoms with E-state index in [1.165, 1.54) is 25.6 Å². The molecule has 154 valence electrons. The first-order valence-electron chi connectivity index (χ1n) is 9.55. The highest BCUT2D eigenvalue weighted by Gasteiger charge is 2.47. The topological polar surface area (TPSA) is 135 Å². The van der Waals surface area contributed by atoms with Gasteiger partial charge in [0.05, 0.1) is 22.5 Å². The first-order chi connectivity index (χ1) is 13.9. The summed E-state index contributed by atoms with van der Waals surface area (Å²) < 4.78 is 0. The van der Waals surface area contributed by atoms with Crippen LogP contribution >= 0.6 is 11.6 Å². The maximum atomic E-state index is 12.7. The van der Waals surface area contributed by atoms with E-state index in [-0.39, 0.29) is 16.8 Å². The highest BCUT2D eigenvalue weighted by atomic mass is 35.5. The molecule has 4 rings (SSSR count). The molecule has 2 aliphatic rings. The van der Waals surface area contributed by atoms with E-state index in [2.05, 4.69) is 9.97 Å². The zero-order valence-corrected chi connectivity index (χ0v) is 16.7. The van der Waals surface area contributed by atoms with Gasteiger partial charge in [0.15, 0.2) is 5.69 Å². The van der Waals surface area contributed by atoms with Crippen LogP contribution in [0, 0.1) is 5.41 Å². The number of para-hydroxylation sites is 1. The van der Waals surface area contributed by atoms with Crippen molar-refractivity contribution in [1.29, 1.82) is 0 Å². The fourth-order valence-electron chi connectivity index (χ4n) is 4.08. The minimum atomic E-state index is -0.778. The molecule has 0 radical (unpaired) electrons. The molecule has 1 aromatic carbocycles. The number of carbonyl (C=O) groups excluding carboxylic acids is 3. The van der Waals surface area contributed by atoms with Gasteiger partial charge in [-0.25, -0.2) is 4.98 Å². The second kappa shape index (κ2) is 8.65. The molecule has 29 heavy (non-hydrogen) atoms. The van der Waals surface area contributed by atoms with E-state index in [1.807, 2.05) is 29.2 Å². The van der Waals surface area contributed by atoms with E-state index in [0.717, 1.165) is 31.5 Å². The second-order valence-corrected chi connectivity index (χ2v) is 7.76. The van der Waals surface area contributed by atoms with Gasteiger partial charge in [-0.2, -0.15) is 0 Å². The fraction of sp³-hybridized carbons (Fsp3) is 0.400. The van der Waals surface area contributed by atoms with Crippen LogP contribution in [0.25, 0.3) is 0 Å². The Balaban J connectivity index is 0.000000188. The molecule has 1 aliphatic heterocycles. The smallest absolute Gasteiger partial charge is 0.269 e. The predicted octanol–water partition coefficient (Wildman–Crippen LogP) is 2.63. The average molecular weight is 418 g/mol. The van der Waals surface area contributed by atoms with Crippen molar-refractivity contribution < 1.29 is 14.4 Å². The molecule has 8 nitrogen and oxygen atoms in total. The lowest BCUT2D eigenvalue weighted by molar-refractivity contribution is -0.127. The molecule has 3 amide bonds. The van der Waals surface area contributed by atoms with Crippen molar-refractivity contribution >= 4 is 35.0 Å². The minimum absolute atomic E-state index is 0.0579. The van der Waals surface area contributed by atoms with Crippen LogP contribution in [0.4, 0.5) is 5.69 Å². The Hall–Kier alpha value is -2.87. The number of benzene rings is 1. The Labute approximate surface area is 173 Å². The van der Waals surface area contributed by atoms with Gasteiger partial charge in [-0.1, -0.05) is 43.0 Å². The van der Waals surface area contributed by atoms with Crippen LogP contribution in [0.5, 0.6) is 0 Å². The van der Waals surface area contributed by atoms with Crippen LogP contribution < -0.4 is 16.4 Å². The molecular formula is C20H24ClN5O3. The van der Waals surface area contributed by atoms with Gasteiger partial charge in [-0.3, -0.25) is 14.4 Å². The number of amides is 3. The average Bonchev–Trinajstić information content (AvgIpc) is 3.31. The van der Waals surface area contributed by atoms with Gasteiger partial charge in [0.1, 0.15) is 5.69 Å². The van der Waals surface area contributed by atoms with Gasteiger partial charge in [0.2, 0.25) is 5.91 Å². The predicted molar refractivity (Wildman–Crippen MR) is 110 cm³/mol. The standard InChI is InChI=1S/C15H18ClNO.C5H6N4O2/c16-12-6-2-3-7-13(12)17-11-10-15(14(17)18)8-4-1-5-9-15;6-4(10)2-3(5(7)11)9-1-8-2/h2-3,6-7H,1,4-5,8-11H2;1H,(H2,6,10)(H2,7,11)(H,8,9). The maximum absolute atomic E-state index is 12.7. The van der Waals surface area contributed by atoms with Crippen LogP contribution in [0.1, 0.15) is 59.5 Å². The number of nitrogens with two attached hydrogens (primary N) is 2. The van der Waals surface area contributed by atoms with Gasteiger partial charge < -0.3 is 21.4 Å². The Kier molecular flexibility index (Phi) is 6.22. The molecule has 1 aromatic heterocycles. The van der Waals surface area contributed by atoms with E-state index in [0.29, 0.717) is 10.9 Å². The number of aromatic nitrogens is 2. The summed E-state index contributed by atoms with van der Waals surface area (Å²) in [4.78, 5) is 41.6. The summed E-state index contributed by atoms with van der Waals surface area (Å²) in [6.07, 6.45) is 7.97. The van der Waals surface area contributed by atoms with E-state index in [1.54, 1.807) is 0 Å². The minimum Gasteiger partial charge on any atom is -0.364 e. The quantitative estimate of drug-likeness (QED) is 0.707. The third kappa shape index (κ3) is 4.27. The molecule has 2 aromatic rings. The third-order valence-corrected chi connectivity index (χ3v) is 5.91. The number of carbonyl (C=O) groups is 3. The summed E-state index contributed by atoms with van der Waals surface area (Å²) in [6, 6.07) is 7.65. The monoisotopic (exact) mass is 417 g/mol. The SMILES string of the molecule is NC(=O)c1nc[nH]c1C(N)=O.O=C1N(c2ccccc2Cl)CCC12CCCCC2. The van der Waals surface area contributed by atoms with Crippen LogP contribution in [0.3, 0.4) is 0 Å². The Morgan fingerprint density at radius 3 is 2.34 bits per heavy atom. The van der Waals surface area contributed by atoms with Gasteiger partial charge in [-0.15, -0.1) is 0 Å². The summed E-state index contributed by atoms with van der Waals surface area (Å²) >= 11 is 6.20. The van der Waals surface area contributed by atoms with E-state index >= 15 is 0 Å². The van der Waals surface area contributed by atoms with Crippen LogP contribution in [0.15, 0.2) is 30.6 Å². The fourth-order valence-corrected chi connectivity index (χ4v) is 4.32. The largest absolute Gasteiger partial charge is 0.364 e. The van der Waals surface area contributed by atoms with Crippen molar-refractivity contribution in [2.75, 3.05) is 11.4 Å². The van der Waals surface area contributed by atoms with Crippen molar-refractivity contribution in [3.8, 4) is 0 Å². The number of hydrogen-bond acceptors (Lipinski definition) is 4. The molecule has 1 spiro atoms. The van der Waals surface area contributed by atoms with Crippen molar-refractivity contribution in [2.24, 2.45) is 16.9 Å². The number of primary amides is 2. The molecule has 0 unspecified atom stereocenters. The summed E-state index contributed by atoms with van der Waals surface area (Å²) in [7, 11) is 0. The highest BCUT2D eigenvalue weighted by Crippen LogP contribution is 2.46. The van der Waals surface area contributed by atoms with E-state index in [9.17, 15) is 14.4 Å².